The third kappa shape index (κ3) is 424. The summed E-state index contributed by atoms with van der Waals surface area (Å²) in [7, 11) is 0. The molecular weight excluding hydrogens is 580 g/mol. The molecule has 0 aliphatic heterocycles. The average molecular weight is 677 g/mol. The fourth-order valence-corrected chi connectivity index (χ4v) is 0. The highest BCUT2D eigenvalue weighted by Gasteiger charge is 2.06. The van der Waals surface area contributed by atoms with Crippen molar-refractivity contribution in [3.63, 3.8) is 0 Å². The summed E-state index contributed by atoms with van der Waals surface area (Å²) in [4.78, 5) is 0. The second-order valence-corrected chi connectivity index (χ2v) is 16.3. The van der Waals surface area contributed by atoms with Crippen LogP contribution in [-0.2, 0) is 0 Å². The molecule has 0 aromatic heterocycles. The van der Waals surface area contributed by atoms with Gasteiger partial charge in [0.2, 0.25) is 0 Å². The van der Waals surface area contributed by atoms with Crippen LogP contribution >= 0.6 is 0 Å². The van der Waals surface area contributed by atoms with E-state index in [9.17, 15) is 0 Å². The molecule has 294 valence electrons. The van der Waals surface area contributed by atoms with E-state index in [4.69, 9.17) is 35.7 Å². The number of hydrogen-bond donors (Lipinski definition) is 7. The molecule has 7 N–H and O–H groups in total. The highest BCUT2D eigenvalue weighted by atomic mass is 16.3. The molecule has 0 aromatic carbocycles. The van der Waals surface area contributed by atoms with Crippen LogP contribution in [0, 0.1) is 17.8 Å². The predicted molar refractivity (Wildman–Crippen MR) is 209 cm³/mol. The SMILES string of the molecule is CC(C)(C)O.CC(C)(C)O.CC(C)C.CCC(C)(C)O.CCC(C)(C)O.CCC(C)C.CCC(C)C.CC[C@H](C)O.C[C@@H](O)CO. The lowest BCUT2D eigenvalue weighted by Crippen LogP contribution is -2.15. The lowest BCUT2D eigenvalue weighted by atomic mass is 10.1. The smallest absolute Gasteiger partial charge is 0.0742 e. The van der Waals surface area contributed by atoms with E-state index in [0.717, 1.165) is 37.0 Å². The van der Waals surface area contributed by atoms with Crippen LogP contribution in [0.4, 0.5) is 0 Å². The van der Waals surface area contributed by atoms with E-state index in [1.165, 1.54) is 19.8 Å². The second kappa shape index (κ2) is 42.7. The first-order valence-electron chi connectivity index (χ1n) is 17.8. The minimum atomic E-state index is -0.560. The molecule has 0 amide bonds. The van der Waals surface area contributed by atoms with Crippen molar-refractivity contribution in [1.29, 1.82) is 0 Å². The normalized spacial score (nSPS) is 11.9. The summed E-state index contributed by atoms with van der Waals surface area (Å²) in [5, 5.41) is 59.1. The fourth-order valence-electron chi connectivity index (χ4n) is 0. The van der Waals surface area contributed by atoms with E-state index < -0.39 is 28.5 Å². The van der Waals surface area contributed by atoms with Crippen molar-refractivity contribution in [2.45, 2.75) is 233 Å². The molecule has 0 aromatic rings. The fraction of sp³-hybridized carbons (Fsp3) is 1.00. The van der Waals surface area contributed by atoms with Crippen molar-refractivity contribution in [2.24, 2.45) is 17.8 Å². The molecule has 7 nitrogen and oxygen atoms in total. The lowest BCUT2D eigenvalue weighted by Gasteiger charge is -2.11. The van der Waals surface area contributed by atoms with Crippen LogP contribution in [0.1, 0.15) is 198 Å². The van der Waals surface area contributed by atoms with Crippen LogP contribution in [0.3, 0.4) is 0 Å². The van der Waals surface area contributed by atoms with Gasteiger partial charge in [-0.3, -0.25) is 0 Å². The van der Waals surface area contributed by atoms with Crippen LogP contribution in [-0.4, -0.2) is 77.0 Å². The maximum absolute atomic E-state index is 8.83. The van der Waals surface area contributed by atoms with Crippen LogP contribution in [0.5, 0.6) is 0 Å². The third-order valence-electron chi connectivity index (χ3n) is 4.22. The van der Waals surface area contributed by atoms with Crippen molar-refractivity contribution in [3.05, 3.63) is 0 Å². The maximum atomic E-state index is 8.83. The molecule has 0 radical (unpaired) electrons. The summed E-state index contributed by atoms with van der Waals surface area (Å²) in [6.45, 7) is 46.5. The monoisotopic (exact) mass is 677 g/mol. The first kappa shape index (κ1) is 67.8. The Morgan fingerprint density at radius 3 is 0.500 bits per heavy atom. The molecule has 0 saturated carbocycles. The Labute approximate surface area is 292 Å². The van der Waals surface area contributed by atoms with E-state index in [-0.39, 0.29) is 12.7 Å². The molecule has 0 aliphatic rings. The molecule has 0 aliphatic carbocycles. The molecule has 0 heterocycles. The maximum Gasteiger partial charge on any atom is 0.0742 e. The summed E-state index contributed by atoms with van der Waals surface area (Å²) >= 11 is 0. The first-order chi connectivity index (χ1) is 19.9. The van der Waals surface area contributed by atoms with E-state index in [1.807, 2.05) is 20.8 Å². The van der Waals surface area contributed by atoms with Gasteiger partial charge in [0.1, 0.15) is 0 Å². The summed E-state index contributed by atoms with van der Waals surface area (Å²) in [6, 6.07) is 0. The second-order valence-electron chi connectivity index (χ2n) is 16.3. The van der Waals surface area contributed by atoms with Crippen LogP contribution in [0.2, 0.25) is 0 Å². The van der Waals surface area contributed by atoms with Gasteiger partial charge in [-0.25, -0.2) is 0 Å². The van der Waals surface area contributed by atoms with Gasteiger partial charge in [-0.2, -0.15) is 0 Å². The third-order valence-corrected chi connectivity index (χ3v) is 4.22. The Hall–Kier alpha value is -0.280. The van der Waals surface area contributed by atoms with Gasteiger partial charge in [0.05, 0.1) is 41.2 Å². The van der Waals surface area contributed by atoms with Crippen molar-refractivity contribution in [3.8, 4) is 0 Å². The van der Waals surface area contributed by atoms with Gasteiger partial charge in [0, 0.05) is 0 Å². The Balaban J connectivity index is -0.0000000479. The quantitative estimate of drug-likeness (QED) is 0.148. The van der Waals surface area contributed by atoms with Gasteiger partial charge in [-0.1, -0.05) is 95.9 Å². The Morgan fingerprint density at radius 2 is 0.500 bits per heavy atom. The van der Waals surface area contributed by atoms with E-state index in [0.29, 0.717) is 0 Å². The highest BCUT2D eigenvalue weighted by molar-refractivity contribution is 4.59. The van der Waals surface area contributed by atoms with Gasteiger partial charge < -0.3 is 35.7 Å². The van der Waals surface area contributed by atoms with E-state index in [2.05, 4.69) is 62.3 Å². The molecule has 0 saturated heterocycles. The van der Waals surface area contributed by atoms with Crippen molar-refractivity contribution in [1.82, 2.24) is 0 Å². The zero-order valence-corrected chi connectivity index (χ0v) is 36.3. The molecule has 2 atom stereocenters. The molecule has 0 bridgehead atoms. The molecular formula is C39H96O7. The van der Waals surface area contributed by atoms with Gasteiger partial charge in [0.15, 0.2) is 0 Å². The van der Waals surface area contributed by atoms with Gasteiger partial charge in [-0.15, -0.1) is 0 Å². The molecule has 0 fully saturated rings. The van der Waals surface area contributed by atoms with Crippen LogP contribution < -0.4 is 0 Å². The number of aliphatic hydroxyl groups is 7. The Morgan fingerprint density at radius 1 is 0.413 bits per heavy atom. The number of hydrogen-bond acceptors (Lipinski definition) is 7. The van der Waals surface area contributed by atoms with Crippen molar-refractivity contribution < 1.29 is 35.7 Å². The lowest BCUT2D eigenvalue weighted by molar-refractivity contribution is 0.0759. The topological polar surface area (TPSA) is 142 Å². The zero-order valence-electron chi connectivity index (χ0n) is 36.3. The minimum Gasteiger partial charge on any atom is -0.394 e. The molecule has 0 spiro atoms. The molecule has 46 heavy (non-hydrogen) atoms. The molecule has 7 heteroatoms. The molecule has 0 unspecified atom stereocenters. The van der Waals surface area contributed by atoms with E-state index in [1.54, 1.807) is 76.2 Å². The number of rotatable bonds is 6. The number of aliphatic hydroxyl groups excluding tert-OH is 3. The van der Waals surface area contributed by atoms with Crippen molar-refractivity contribution >= 4 is 0 Å². The summed E-state index contributed by atoms with van der Waals surface area (Å²) in [5.74, 6) is 2.60. The van der Waals surface area contributed by atoms with Crippen LogP contribution in [0.15, 0.2) is 0 Å². The highest BCUT2D eigenvalue weighted by Crippen LogP contribution is 2.04. The zero-order chi connectivity index (χ0) is 40.1. The van der Waals surface area contributed by atoms with Gasteiger partial charge in [-0.05, 0) is 120 Å². The molecule has 0 rings (SSSR count). The van der Waals surface area contributed by atoms with E-state index >= 15 is 0 Å². The predicted octanol–water partition coefficient (Wildman–Crippen LogP) is 9.79. The summed E-state index contributed by atoms with van der Waals surface area (Å²) in [6.07, 6.45) is 4.45. The van der Waals surface area contributed by atoms with Crippen molar-refractivity contribution in [2.75, 3.05) is 6.61 Å². The Kier molecular flexibility index (Phi) is 63.0. The van der Waals surface area contributed by atoms with Crippen LogP contribution in [0.25, 0.3) is 0 Å². The largest absolute Gasteiger partial charge is 0.394 e. The average Bonchev–Trinajstić information content (AvgIpc) is 2.82. The standard InChI is InChI=1S/2C5H12O.2C5H12.3C4H10O.C4H10.C3H8O2/c2*1-4-5(2,3)6;2*1-4-5(2)3;2*1-4(2,3)5;1-3-4(2)5;1-4(2)3;1-3(5)2-4/h2*6H,4H2,1-3H3;2*5H,4H2,1-3H3;2*5H,1-3H3;4-5H,3H2,1-2H3;4H,1-3H3;3-5H,2H2,1H3/t;;;;;;4-;;3-/m......0.1/s1. The summed E-state index contributed by atoms with van der Waals surface area (Å²) < 4.78 is 0. The minimum absolute atomic E-state index is 0.116. The first-order valence-corrected chi connectivity index (χ1v) is 17.8. The Bertz CT molecular complexity index is 402. The summed E-state index contributed by atoms with van der Waals surface area (Å²) in [5.41, 5.74) is -1.92. The van der Waals surface area contributed by atoms with Gasteiger partial charge in [0.25, 0.3) is 0 Å². The van der Waals surface area contributed by atoms with Gasteiger partial charge >= 0.3 is 0 Å².